The summed E-state index contributed by atoms with van der Waals surface area (Å²) in [5, 5.41) is 2.05. The van der Waals surface area contributed by atoms with Gasteiger partial charge in [0.15, 0.2) is 4.71 Å². The van der Waals surface area contributed by atoms with Gasteiger partial charge in [0.25, 0.3) is 0 Å². The van der Waals surface area contributed by atoms with E-state index in [2.05, 4.69) is 4.72 Å². The Labute approximate surface area is 105 Å². The van der Waals surface area contributed by atoms with Crippen LogP contribution in [0, 0.1) is 0 Å². The lowest BCUT2D eigenvalue weighted by molar-refractivity contribution is 0.599. The standard InChI is InChI=1S/C12H12ClNO2S/c1-9(13)17(15,16)14-12-7-6-10-4-2-3-5-11(10)8-12/h2-9,14H,1H3. The Morgan fingerprint density at radius 1 is 1.12 bits per heavy atom. The molecule has 0 heterocycles. The van der Waals surface area contributed by atoms with E-state index in [9.17, 15) is 8.42 Å². The van der Waals surface area contributed by atoms with Gasteiger partial charge in [-0.2, -0.15) is 0 Å². The second-order valence-corrected chi connectivity index (χ2v) is 6.67. The topological polar surface area (TPSA) is 46.2 Å². The summed E-state index contributed by atoms with van der Waals surface area (Å²) in [7, 11) is -3.50. The minimum atomic E-state index is -3.50. The van der Waals surface area contributed by atoms with Crippen molar-refractivity contribution in [2.45, 2.75) is 11.6 Å². The molecule has 1 unspecified atom stereocenters. The summed E-state index contributed by atoms with van der Waals surface area (Å²) >= 11 is 5.59. The first kappa shape index (κ1) is 12.2. The SMILES string of the molecule is CC(Cl)S(=O)(=O)Nc1ccc2ccccc2c1. The number of fused-ring (bicyclic) bond motifs is 1. The molecule has 0 saturated heterocycles. The van der Waals surface area contributed by atoms with Crippen molar-refractivity contribution in [1.82, 2.24) is 0 Å². The number of halogens is 1. The van der Waals surface area contributed by atoms with Crippen molar-refractivity contribution in [2.24, 2.45) is 0 Å². The third kappa shape index (κ3) is 2.70. The predicted octanol–water partition coefficient (Wildman–Crippen LogP) is 3.17. The summed E-state index contributed by atoms with van der Waals surface area (Å²) in [4.78, 5) is 0. The van der Waals surface area contributed by atoms with Gasteiger partial charge in [0.2, 0.25) is 10.0 Å². The van der Waals surface area contributed by atoms with Crippen LogP contribution in [-0.4, -0.2) is 13.1 Å². The zero-order chi connectivity index (χ0) is 12.5. The van der Waals surface area contributed by atoms with Crippen molar-refractivity contribution in [3.05, 3.63) is 42.5 Å². The number of rotatable bonds is 3. The third-order valence-corrected chi connectivity index (χ3v) is 4.52. The van der Waals surface area contributed by atoms with E-state index < -0.39 is 14.7 Å². The summed E-state index contributed by atoms with van der Waals surface area (Å²) in [5.41, 5.74) is 0.524. The highest BCUT2D eigenvalue weighted by molar-refractivity contribution is 7.94. The van der Waals surface area contributed by atoms with Gasteiger partial charge >= 0.3 is 0 Å². The molecule has 0 aromatic heterocycles. The van der Waals surface area contributed by atoms with E-state index in [1.54, 1.807) is 12.1 Å². The first-order valence-electron chi connectivity index (χ1n) is 5.13. The van der Waals surface area contributed by atoms with Crippen molar-refractivity contribution in [3.8, 4) is 0 Å². The van der Waals surface area contributed by atoms with Crippen molar-refractivity contribution in [1.29, 1.82) is 0 Å². The Hall–Kier alpha value is -1.26. The number of benzene rings is 2. The molecular weight excluding hydrogens is 258 g/mol. The molecule has 3 nitrogen and oxygen atoms in total. The zero-order valence-corrected chi connectivity index (χ0v) is 10.8. The smallest absolute Gasteiger partial charge is 0.249 e. The minimum absolute atomic E-state index is 0.524. The molecular formula is C12H12ClNO2S. The van der Waals surface area contributed by atoms with E-state index in [-0.39, 0.29) is 0 Å². The molecule has 0 amide bonds. The van der Waals surface area contributed by atoms with Crippen LogP contribution in [0.1, 0.15) is 6.92 Å². The molecule has 2 aromatic rings. The molecule has 0 aliphatic rings. The van der Waals surface area contributed by atoms with E-state index in [0.717, 1.165) is 10.8 Å². The molecule has 5 heteroatoms. The van der Waals surface area contributed by atoms with E-state index in [0.29, 0.717) is 5.69 Å². The van der Waals surface area contributed by atoms with Gasteiger partial charge in [-0.25, -0.2) is 8.42 Å². The van der Waals surface area contributed by atoms with Crippen LogP contribution in [0.2, 0.25) is 0 Å². The van der Waals surface area contributed by atoms with Crippen LogP contribution in [0.25, 0.3) is 10.8 Å². The number of hydrogen-bond donors (Lipinski definition) is 1. The molecule has 0 saturated carbocycles. The zero-order valence-electron chi connectivity index (χ0n) is 9.22. The molecule has 0 aliphatic heterocycles. The van der Waals surface area contributed by atoms with Gasteiger partial charge in [-0.05, 0) is 29.8 Å². The van der Waals surface area contributed by atoms with Crippen molar-refractivity contribution in [2.75, 3.05) is 4.72 Å². The molecule has 1 atom stereocenters. The highest BCUT2D eigenvalue weighted by atomic mass is 35.5. The largest absolute Gasteiger partial charge is 0.282 e. The maximum Gasteiger partial charge on any atom is 0.249 e. The molecule has 2 aromatic carbocycles. The lowest BCUT2D eigenvalue weighted by Gasteiger charge is -2.10. The normalized spacial score (nSPS) is 13.5. The molecule has 2 rings (SSSR count). The minimum Gasteiger partial charge on any atom is -0.282 e. The summed E-state index contributed by atoms with van der Waals surface area (Å²) in [6, 6.07) is 13.1. The number of hydrogen-bond acceptors (Lipinski definition) is 2. The summed E-state index contributed by atoms with van der Waals surface area (Å²) in [6.07, 6.45) is 0. The van der Waals surface area contributed by atoms with Gasteiger partial charge in [0.05, 0.1) is 0 Å². The van der Waals surface area contributed by atoms with Crippen LogP contribution < -0.4 is 4.72 Å². The van der Waals surface area contributed by atoms with Crippen LogP contribution in [0.3, 0.4) is 0 Å². The fourth-order valence-corrected chi connectivity index (χ4v) is 2.25. The monoisotopic (exact) mass is 269 g/mol. The maximum absolute atomic E-state index is 11.6. The number of nitrogens with one attached hydrogen (secondary N) is 1. The molecule has 0 fully saturated rings. The Kier molecular flexibility index (Phi) is 3.26. The fourth-order valence-electron chi connectivity index (χ4n) is 1.50. The lowest BCUT2D eigenvalue weighted by atomic mass is 10.1. The Bertz CT molecular complexity index is 638. The molecule has 0 spiro atoms. The van der Waals surface area contributed by atoms with Gasteiger partial charge in [-0.1, -0.05) is 30.3 Å². The quantitative estimate of drug-likeness (QED) is 0.870. The summed E-state index contributed by atoms with van der Waals surface area (Å²) in [6.45, 7) is 1.42. The van der Waals surface area contributed by atoms with Crippen LogP contribution in [0.4, 0.5) is 5.69 Å². The van der Waals surface area contributed by atoms with Gasteiger partial charge in [0.1, 0.15) is 0 Å². The van der Waals surface area contributed by atoms with Crippen molar-refractivity contribution < 1.29 is 8.42 Å². The average Bonchev–Trinajstić information content (AvgIpc) is 2.28. The second-order valence-electron chi connectivity index (χ2n) is 3.75. The molecule has 90 valence electrons. The van der Waals surface area contributed by atoms with Gasteiger partial charge < -0.3 is 0 Å². The Balaban J connectivity index is 2.38. The van der Waals surface area contributed by atoms with Crippen molar-refractivity contribution in [3.63, 3.8) is 0 Å². The first-order chi connectivity index (χ1) is 7.99. The molecule has 0 aliphatic carbocycles. The molecule has 1 N–H and O–H groups in total. The highest BCUT2D eigenvalue weighted by Crippen LogP contribution is 2.20. The fraction of sp³-hybridized carbons (Fsp3) is 0.167. The van der Waals surface area contributed by atoms with E-state index >= 15 is 0 Å². The third-order valence-electron chi connectivity index (χ3n) is 2.44. The lowest BCUT2D eigenvalue weighted by Crippen LogP contribution is -2.20. The van der Waals surface area contributed by atoms with Crippen LogP contribution in [0.15, 0.2) is 42.5 Å². The van der Waals surface area contributed by atoms with Crippen molar-refractivity contribution >= 4 is 38.1 Å². The second kappa shape index (κ2) is 4.55. The van der Waals surface area contributed by atoms with E-state index in [1.165, 1.54) is 6.92 Å². The van der Waals surface area contributed by atoms with E-state index in [4.69, 9.17) is 11.6 Å². The van der Waals surface area contributed by atoms with Crippen LogP contribution >= 0.6 is 11.6 Å². The molecule has 0 bridgehead atoms. The first-order valence-corrected chi connectivity index (χ1v) is 7.12. The predicted molar refractivity (Wildman–Crippen MR) is 71.8 cm³/mol. The van der Waals surface area contributed by atoms with Gasteiger partial charge in [-0.15, -0.1) is 11.6 Å². The highest BCUT2D eigenvalue weighted by Gasteiger charge is 2.17. The van der Waals surface area contributed by atoms with Gasteiger partial charge in [0, 0.05) is 5.69 Å². The molecule has 0 radical (unpaired) electrons. The summed E-state index contributed by atoms with van der Waals surface area (Å²) in [5.74, 6) is 0. The number of alkyl halides is 1. The van der Waals surface area contributed by atoms with Crippen LogP contribution in [-0.2, 0) is 10.0 Å². The number of anilines is 1. The maximum atomic E-state index is 11.6. The summed E-state index contributed by atoms with van der Waals surface area (Å²) < 4.78 is 24.7. The Morgan fingerprint density at radius 2 is 1.76 bits per heavy atom. The van der Waals surface area contributed by atoms with Crippen LogP contribution in [0.5, 0.6) is 0 Å². The number of sulfonamides is 1. The van der Waals surface area contributed by atoms with E-state index in [1.807, 2.05) is 30.3 Å². The van der Waals surface area contributed by atoms with Gasteiger partial charge in [-0.3, -0.25) is 4.72 Å². The molecule has 17 heavy (non-hydrogen) atoms. The Morgan fingerprint density at radius 3 is 2.41 bits per heavy atom. The average molecular weight is 270 g/mol.